The number of ether oxygens (including phenoxy) is 1. The molecule has 0 aliphatic heterocycles. The van der Waals surface area contributed by atoms with Crippen molar-refractivity contribution in [2.45, 2.75) is 20.0 Å². The van der Waals surface area contributed by atoms with Crippen LogP contribution in [-0.2, 0) is 4.79 Å². The molecule has 0 spiro atoms. The number of carbonyl (C=O) groups excluding carboxylic acids is 1. The lowest BCUT2D eigenvalue weighted by Crippen LogP contribution is -2.36. The van der Waals surface area contributed by atoms with Gasteiger partial charge in [-0.1, -0.05) is 13.8 Å². The van der Waals surface area contributed by atoms with Gasteiger partial charge in [0.15, 0.2) is 6.10 Å². The number of carboxylic acids is 1. The van der Waals surface area contributed by atoms with E-state index in [2.05, 4.69) is 5.32 Å². The molecule has 6 nitrogen and oxygen atoms in total. The quantitative estimate of drug-likeness (QED) is 0.690. The number of carbonyl (C=O) groups is 2. The number of aliphatic hydroxyl groups is 1. The molecule has 0 saturated heterocycles. The summed E-state index contributed by atoms with van der Waals surface area (Å²) in [4.78, 5) is 22.1. The molecule has 0 bridgehead atoms. The number of hydrogen-bond acceptors (Lipinski definition) is 4. The van der Waals surface area contributed by atoms with Gasteiger partial charge < -0.3 is 20.3 Å². The Morgan fingerprint density at radius 3 is 2.35 bits per heavy atom. The van der Waals surface area contributed by atoms with Gasteiger partial charge in [-0.2, -0.15) is 0 Å². The second-order valence-electron chi connectivity index (χ2n) is 4.79. The van der Waals surface area contributed by atoms with Gasteiger partial charge in [0.25, 0.3) is 5.91 Å². The maximum Gasteiger partial charge on any atom is 0.334 e. The van der Waals surface area contributed by atoms with E-state index in [9.17, 15) is 9.59 Å². The Labute approximate surface area is 117 Å². The van der Waals surface area contributed by atoms with Gasteiger partial charge in [0.2, 0.25) is 0 Å². The molecule has 3 N–H and O–H groups in total. The highest BCUT2D eigenvalue weighted by atomic mass is 16.5. The largest absolute Gasteiger partial charge is 0.493 e. The predicted octanol–water partition coefficient (Wildman–Crippen LogP) is 0.897. The van der Waals surface area contributed by atoms with Crippen molar-refractivity contribution in [3.05, 3.63) is 29.8 Å². The zero-order valence-corrected chi connectivity index (χ0v) is 11.5. The lowest BCUT2D eigenvalue weighted by atomic mass is 10.2. The first kappa shape index (κ1) is 16.0. The monoisotopic (exact) mass is 281 g/mol. The number of benzene rings is 1. The number of aliphatic carboxylic acids is 1. The number of rotatable bonds is 7. The summed E-state index contributed by atoms with van der Waals surface area (Å²) in [6.07, 6.45) is -1.60. The van der Waals surface area contributed by atoms with E-state index in [0.717, 1.165) is 0 Å². The highest BCUT2D eigenvalue weighted by Crippen LogP contribution is 2.13. The Bertz CT molecular complexity index is 455. The SMILES string of the molecule is CC(C)COc1ccc(C(=O)NCC(O)C(=O)O)cc1. The first-order valence-electron chi connectivity index (χ1n) is 6.32. The third-order valence-corrected chi connectivity index (χ3v) is 2.44. The summed E-state index contributed by atoms with van der Waals surface area (Å²) in [5, 5.41) is 19.9. The van der Waals surface area contributed by atoms with Crippen molar-refractivity contribution >= 4 is 11.9 Å². The van der Waals surface area contributed by atoms with Crippen LogP contribution in [-0.4, -0.2) is 41.3 Å². The van der Waals surface area contributed by atoms with Crippen LogP contribution in [0.25, 0.3) is 0 Å². The Morgan fingerprint density at radius 2 is 1.85 bits per heavy atom. The molecular formula is C14H19NO5. The van der Waals surface area contributed by atoms with E-state index in [4.69, 9.17) is 14.9 Å². The zero-order valence-electron chi connectivity index (χ0n) is 11.5. The number of hydrogen-bond donors (Lipinski definition) is 3. The van der Waals surface area contributed by atoms with Crippen LogP contribution in [0.15, 0.2) is 24.3 Å². The number of amides is 1. The van der Waals surface area contributed by atoms with E-state index < -0.39 is 18.0 Å². The second-order valence-corrected chi connectivity index (χ2v) is 4.79. The molecule has 1 unspecified atom stereocenters. The lowest BCUT2D eigenvalue weighted by molar-refractivity contribution is -0.146. The third kappa shape index (κ3) is 5.27. The number of nitrogens with one attached hydrogen (secondary N) is 1. The molecule has 0 heterocycles. The van der Waals surface area contributed by atoms with E-state index in [1.54, 1.807) is 24.3 Å². The fourth-order valence-electron chi connectivity index (χ4n) is 1.34. The Balaban J connectivity index is 2.51. The average molecular weight is 281 g/mol. The Kier molecular flexibility index (Phi) is 5.99. The molecule has 0 radical (unpaired) electrons. The molecule has 1 aromatic rings. The molecule has 1 atom stereocenters. The molecule has 6 heteroatoms. The van der Waals surface area contributed by atoms with Gasteiger partial charge in [-0.3, -0.25) is 4.79 Å². The lowest BCUT2D eigenvalue weighted by Gasteiger charge is -2.10. The molecule has 0 aliphatic rings. The Hall–Kier alpha value is -2.08. The van der Waals surface area contributed by atoms with Crippen molar-refractivity contribution in [3.8, 4) is 5.75 Å². The molecule has 20 heavy (non-hydrogen) atoms. The fraction of sp³-hybridized carbons (Fsp3) is 0.429. The minimum atomic E-state index is -1.60. The summed E-state index contributed by atoms with van der Waals surface area (Å²) in [5.41, 5.74) is 0.375. The molecular weight excluding hydrogens is 262 g/mol. The van der Waals surface area contributed by atoms with Gasteiger partial charge in [0, 0.05) is 5.56 Å². The van der Waals surface area contributed by atoms with Crippen LogP contribution in [0, 0.1) is 5.92 Å². The van der Waals surface area contributed by atoms with Gasteiger partial charge in [-0.25, -0.2) is 4.79 Å². The van der Waals surface area contributed by atoms with Crippen LogP contribution in [0.1, 0.15) is 24.2 Å². The van der Waals surface area contributed by atoms with Crippen LogP contribution in [0.3, 0.4) is 0 Å². The van der Waals surface area contributed by atoms with Crippen molar-refractivity contribution in [2.24, 2.45) is 5.92 Å². The normalized spacial score (nSPS) is 12.0. The van der Waals surface area contributed by atoms with Crippen molar-refractivity contribution in [2.75, 3.05) is 13.2 Å². The predicted molar refractivity (Wildman–Crippen MR) is 72.8 cm³/mol. The van der Waals surface area contributed by atoms with Gasteiger partial charge in [-0.15, -0.1) is 0 Å². The van der Waals surface area contributed by atoms with E-state index in [-0.39, 0.29) is 6.54 Å². The maximum absolute atomic E-state index is 11.7. The molecule has 0 aromatic heterocycles. The summed E-state index contributed by atoms with van der Waals surface area (Å²) in [6.45, 7) is 4.33. The van der Waals surface area contributed by atoms with E-state index in [1.807, 2.05) is 13.8 Å². The van der Waals surface area contributed by atoms with E-state index in [1.165, 1.54) is 0 Å². The molecule has 1 amide bonds. The van der Waals surface area contributed by atoms with Crippen molar-refractivity contribution < 1.29 is 24.5 Å². The fourth-order valence-corrected chi connectivity index (χ4v) is 1.34. The van der Waals surface area contributed by atoms with Crippen LogP contribution < -0.4 is 10.1 Å². The van der Waals surface area contributed by atoms with Crippen molar-refractivity contribution in [1.82, 2.24) is 5.32 Å². The first-order valence-corrected chi connectivity index (χ1v) is 6.32. The summed E-state index contributed by atoms with van der Waals surface area (Å²) in [7, 11) is 0. The zero-order chi connectivity index (χ0) is 15.1. The molecule has 0 fully saturated rings. The summed E-state index contributed by atoms with van der Waals surface area (Å²) < 4.78 is 5.48. The minimum Gasteiger partial charge on any atom is -0.493 e. The number of aliphatic hydroxyl groups excluding tert-OH is 1. The molecule has 1 rings (SSSR count). The van der Waals surface area contributed by atoms with Crippen LogP contribution in [0.2, 0.25) is 0 Å². The molecule has 1 aromatic carbocycles. The summed E-state index contributed by atoms with van der Waals surface area (Å²) in [5.74, 6) is -0.736. The maximum atomic E-state index is 11.7. The van der Waals surface area contributed by atoms with Gasteiger partial charge >= 0.3 is 5.97 Å². The average Bonchev–Trinajstić information content (AvgIpc) is 2.42. The molecule has 110 valence electrons. The van der Waals surface area contributed by atoms with Crippen molar-refractivity contribution in [1.29, 1.82) is 0 Å². The smallest absolute Gasteiger partial charge is 0.334 e. The third-order valence-electron chi connectivity index (χ3n) is 2.44. The molecule has 0 aliphatic carbocycles. The van der Waals surface area contributed by atoms with Crippen LogP contribution in [0.4, 0.5) is 0 Å². The van der Waals surface area contributed by atoms with Gasteiger partial charge in [-0.05, 0) is 30.2 Å². The van der Waals surface area contributed by atoms with E-state index >= 15 is 0 Å². The van der Waals surface area contributed by atoms with Gasteiger partial charge in [0.05, 0.1) is 13.2 Å². The summed E-state index contributed by atoms with van der Waals surface area (Å²) in [6, 6.07) is 6.51. The second kappa shape index (κ2) is 7.49. The Morgan fingerprint density at radius 1 is 1.25 bits per heavy atom. The van der Waals surface area contributed by atoms with Crippen molar-refractivity contribution in [3.63, 3.8) is 0 Å². The summed E-state index contributed by atoms with van der Waals surface area (Å²) >= 11 is 0. The highest BCUT2D eigenvalue weighted by molar-refractivity contribution is 5.94. The highest BCUT2D eigenvalue weighted by Gasteiger charge is 2.14. The molecule has 0 saturated carbocycles. The number of carboxylic acid groups (broad SMARTS) is 1. The van der Waals surface area contributed by atoms with Crippen LogP contribution >= 0.6 is 0 Å². The van der Waals surface area contributed by atoms with Crippen LogP contribution in [0.5, 0.6) is 5.75 Å². The standard InChI is InChI=1S/C14H19NO5/c1-9(2)8-20-11-5-3-10(4-6-11)13(17)15-7-12(16)14(18)19/h3-6,9,12,16H,7-8H2,1-2H3,(H,15,17)(H,18,19). The van der Waals surface area contributed by atoms with Gasteiger partial charge in [0.1, 0.15) is 5.75 Å². The van der Waals surface area contributed by atoms with E-state index in [0.29, 0.717) is 23.8 Å². The first-order chi connectivity index (χ1) is 9.40. The topological polar surface area (TPSA) is 95.9 Å². The minimum absolute atomic E-state index is 0.334.